The first-order chi connectivity index (χ1) is 18.0. The van der Waals surface area contributed by atoms with E-state index in [1.165, 1.54) is 57.4 Å². The van der Waals surface area contributed by atoms with E-state index in [0.29, 0.717) is 12.0 Å². The van der Waals surface area contributed by atoms with Crippen molar-refractivity contribution in [2.45, 2.75) is 33.8 Å². The van der Waals surface area contributed by atoms with E-state index in [-0.39, 0.29) is 39.6 Å². The molecular formula is C27H32FN5O5. The number of rotatable bonds is 8. The molecule has 0 aliphatic heterocycles. The number of benzene rings is 2. The largest absolute Gasteiger partial charge is 0.378 e. The first-order valence-electron chi connectivity index (χ1n) is 11.8. The minimum Gasteiger partial charge on any atom is -0.378 e. The topological polar surface area (TPSA) is 147 Å². The minimum atomic E-state index is -1.64. The van der Waals surface area contributed by atoms with Gasteiger partial charge in [-0.05, 0) is 49.2 Å². The Morgan fingerprint density at radius 3 is 2.37 bits per heavy atom. The molecule has 3 aromatic rings. The number of nitrogens with zero attached hydrogens (tertiary/aromatic N) is 2. The van der Waals surface area contributed by atoms with Gasteiger partial charge in [-0.1, -0.05) is 32.0 Å². The average molecular weight is 526 g/mol. The lowest BCUT2D eigenvalue weighted by molar-refractivity contribution is -0.126. The summed E-state index contributed by atoms with van der Waals surface area (Å²) in [5, 5.41) is 15.4. The molecule has 38 heavy (non-hydrogen) atoms. The van der Waals surface area contributed by atoms with E-state index in [1.54, 1.807) is 13.0 Å². The summed E-state index contributed by atoms with van der Waals surface area (Å²) in [7, 11) is 2.78. The number of carbonyl (C=O) groups is 3. The molecular weight excluding hydrogens is 493 g/mol. The van der Waals surface area contributed by atoms with Crippen LogP contribution < -0.4 is 26.8 Å². The molecule has 0 radical (unpaired) electrons. The lowest BCUT2D eigenvalue weighted by Gasteiger charge is -2.26. The number of aromatic nitrogens is 1. The Morgan fingerprint density at radius 1 is 1.16 bits per heavy atom. The number of primary amides is 1. The highest BCUT2D eigenvalue weighted by molar-refractivity contribution is 6.08. The fraction of sp³-hybridized carbons (Fsp3) is 0.259. The zero-order valence-corrected chi connectivity index (χ0v) is 22.1. The number of pyridine rings is 1. The Bertz CT molecular complexity index is 1420. The fourth-order valence-corrected chi connectivity index (χ4v) is 3.81. The third-order valence-corrected chi connectivity index (χ3v) is 5.70. The number of aryl methyl sites for hydroxylation is 1. The van der Waals surface area contributed by atoms with Crippen LogP contribution in [-0.2, 0) is 16.6 Å². The van der Waals surface area contributed by atoms with Gasteiger partial charge in [0.1, 0.15) is 17.2 Å². The van der Waals surface area contributed by atoms with Gasteiger partial charge in [-0.3, -0.25) is 28.6 Å². The third-order valence-electron chi connectivity index (χ3n) is 5.70. The third kappa shape index (κ3) is 5.89. The second-order valence-electron chi connectivity index (χ2n) is 8.12. The normalized spacial score (nSPS) is 11.1. The molecule has 2 aromatic carbocycles. The molecule has 0 bridgehead atoms. The number of aliphatic hydroxyl groups excluding tert-OH is 1. The number of halogens is 1. The van der Waals surface area contributed by atoms with Gasteiger partial charge in [-0.15, -0.1) is 0 Å². The van der Waals surface area contributed by atoms with Gasteiger partial charge in [0.15, 0.2) is 6.10 Å². The quantitative estimate of drug-likeness (QED) is 0.333. The van der Waals surface area contributed by atoms with Crippen molar-refractivity contribution in [3.8, 4) is 0 Å². The summed E-state index contributed by atoms with van der Waals surface area (Å²) in [6.45, 7) is 7.16. The number of hydrogen-bond donors (Lipinski definition) is 4. The molecule has 0 spiro atoms. The van der Waals surface area contributed by atoms with E-state index in [0.717, 1.165) is 9.47 Å². The van der Waals surface area contributed by atoms with Gasteiger partial charge in [-0.2, -0.15) is 0 Å². The van der Waals surface area contributed by atoms with Crippen LogP contribution >= 0.6 is 0 Å². The molecule has 1 atom stereocenters. The molecule has 5 N–H and O–H groups in total. The highest BCUT2D eigenvalue weighted by Crippen LogP contribution is 2.35. The van der Waals surface area contributed by atoms with E-state index >= 15 is 0 Å². The Balaban J connectivity index is 0.00000247. The number of aliphatic hydroxyl groups is 1. The van der Waals surface area contributed by atoms with Crippen molar-refractivity contribution in [2.24, 2.45) is 12.8 Å². The summed E-state index contributed by atoms with van der Waals surface area (Å²) in [5.74, 6) is -2.30. The van der Waals surface area contributed by atoms with Gasteiger partial charge in [-0.25, -0.2) is 4.39 Å². The molecule has 1 aromatic heterocycles. The van der Waals surface area contributed by atoms with Crippen LogP contribution in [0.2, 0.25) is 0 Å². The molecule has 0 aliphatic carbocycles. The van der Waals surface area contributed by atoms with Crippen LogP contribution in [0, 0.1) is 19.7 Å². The second kappa shape index (κ2) is 12.6. The Hall–Kier alpha value is -4.51. The second-order valence-corrected chi connectivity index (χ2v) is 8.12. The maximum atomic E-state index is 14.7. The van der Waals surface area contributed by atoms with Crippen molar-refractivity contribution >= 4 is 41.1 Å². The van der Waals surface area contributed by atoms with Crippen molar-refractivity contribution in [1.29, 1.82) is 0 Å². The molecule has 10 nitrogen and oxygen atoms in total. The zero-order valence-electron chi connectivity index (χ0n) is 22.1. The molecule has 11 heteroatoms. The van der Waals surface area contributed by atoms with Crippen LogP contribution in [0.4, 0.5) is 27.3 Å². The molecule has 0 saturated carbocycles. The van der Waals surface area contributed by atoms with Gasteiger partial charge in [0.05, 0.1) is 11.4 Å². The first-order valence-corrected chi connectivity index (χ1v) is 11.8. The van der Waals surface area contributed by atoms with Gasteiger partial charge in [0.25, 0.3) is 17.4 Å². The van der Waals surface area contributed by atoms with Gasteiger partial charge in [0.2, 0.25) is 6.41 Å². The zero-order chi connectivity index (χ0) is 28.7. The van der Waals surface area contributed by atoms with E-state index in [2.05, 4.69) is 10.6 Å². The molecule has 1 unspecified atom stereocenters. The van der Waals surface area contributed by atoms with E-state index in [9.17, 15) is 28.7 Å². The lowest BCUT2D eigenvalue weighted by Crippen LogP contribution is -2.33. The number of nitrogens with two attached hydrogens (primary N) is 1. The minimum absolute atomic E-state index is 0.0137. The lowest BCUT2D eigenvalue weighted by atomic mass is 10.0. The summed E-state index contributed by atoms with van der Waals surface area (Å²) in [4.78, 5) is 51.1. The van der Waals surface area contributed by atoms with Crippen LogP contribution in [0.3, 0.4) is 0 Å². The first kappa shape index (κ1) is 29.7. The smallest absolute Gasteiger partial charge is 0.256 e. The molecule has 0 fully saturated rings. The van der Waals surface area contributed by atoms with Crippen LogP contribution in [-0.4, -0.2) is 34.9 Å². The predicted molar refractivity (Wildman–Crippen MR) is 144 cm³/mol. The predicted octanol–water partition coefficient (Wildman–Crippen LogP) is 3.08. The molecule has 3 rings (SSSR count). The fourth-order valence-electron chi connectivity index (χ4n) is 3.81. The average Bonchev–Trinajstić information content (AvgIpc) is 2.91. The highest BCUT2D eigenvalue weighted by atomic mass is 19.1. The number of anilines is 4. The van der Waals surface area contributed by atoms with Crippen molar-refractivity contribution < 1.29 is 23.9 Å². The molecule has 202 valence electrons. The maximum Gasteiger partial charge on any atom is 0.256 e. The Morgan fingerprint density at radius 2 is 1.82 bits per heavy atom. The van der Waals surface area contributed by atoms with E-state index < -0.39 is 29.3 Å². The summed E-state index contributed by atoms with van der Waals surface area (Å²) in [6, 6.07) is 10.2. The maximum absolute atomic E-state index is 14.7. The highest BCUT2D eigenvalue weighted by Gasteiger charge is 2.28. The summed E-state index contributed by atoms with van der Waals surface area (Å²) in [5.41, 5.74) is 5.47. The van der Waals surface area contributed by atoms with Gasteiger partial charge in [0, 0.05) is 25.3 Å². The SMILES string of the molecule is CC.CNC(=O)c1c(N(C=O)c2cccc(C(O)C(N)=O)c2)c(C)c(=O)n(C)c1Nc1ccc(C)cc1F. The summed E-state index contributed by atoms with van der Waals surface area (Å²) in [6.07, 6.45) is -1.25. The summed E-state index contributed by atoms with van der Waals surface area (Å²) >= 11 is 0. The standard InChI is InChI=1S/C25H26FN5O5.C2H6/c1-13-8-9-18(17(26)10-13)29-23-19(24(35)28-3)20(14(2)25(36)30(23)4)31(12-32)16-7-5-6-15(11-16)21(33)22(27)34;1-2/h5-12,21,29,33H,1-4H3,(H2,27,34)(H,28,35);1-2H3. The van der Waals surface area contributed by atoms with Gasteiger partial charge >= 0.3 is 0 Å². The van der Waals surface area contributed by atoms with Crippen molar-refractivity contribution in [2.75, 3.05) is 17.3 Å². The molecule has 1 heterocycles. The van der Waals surface area contributed by atoms with Crippen molar-refractivity contribution in [1.82, 2.24) is 9.88 Å². The van der Waals surface area contributed by atoms with Crippen LogP contribution in [0.15, 0.2) is 47.3 Å². The molecule has 3 amide bonds. The van der Waals surface area contributed by atoms with E-state index in [4.69, 9.17) is 5.73 Å². The molecule has 0 aliphatic rings. The van der Waals surface area contributed by atoms with E-state index in [1.807, 2.05) is 13.8 Å². The number of nitrogens with one attached hydrogen (secondary N) is 2. The molecule has 0 saturated heterocycles. The van der Waals surface area contributed by atoms with Gasteiger partial charge < -0.3 is 21.5 Å². The monoisotopic (exact) mass is 525 g/mol. The van der Waals surface area contributed by atoms with Crippen LogP contribution in [0.25, 0.3) is 0 Å². The van der Waals surface area contributed by atoms with Crippen LogP contribution in [0.1, 0.15) is 47.0 Å². The van der Waals surface area contributed by atoms with Crippen LogP contribution in [0.5, 0.6) is 0 Å². The van der Waals surface area contributed by atoms with Crippen molar-refractivity contribution in [3.05, 3.63) is 80.9 Å². The number of carbonyl (C=O) groups excluding carboxylic acids is 3. The Kier molecular flexibility index (Phi) is 9.88. The van der Waals surface area contributed by atoms with Crippen molar-refractivity contribution in [3.63, 3.8) is 0 Å². The Labute approximate surface area is 219 Å². The number of hydrogen-bond acceptors (Lipinski definition) is 6. The number of amides is 3. The summed E-state index contributed by atoms with van der Waals surface area (Å²) < 4.78 is 15.8.